The highest BCUT2D eigenvalue weighted by molar-refractivity contribution is 7.86. The average Bonchev–Trinajstić information content (AvgIpc) is 2.31. The van der Waals surface area contributed by atoms with Crippen LogP contribution in [0.5, 0.6) is 0 Å². The first kappa shape index (κ1) is 15.6. The smallest absolute Gasteiger partial charge is 0.281 e. The summed E-state index contributed by atoms with van der Waals surface area (Å²) >= 11 is 0. The van der Waals surface area contributed by atoms with E-state index in [9.17, 15) is 13.2 Å². The van der Waals surface area contributed by atoms with E-state index in [1.165, 1.54) is 21.1 Å². The summed E-state index contributed by atoms with van der Waals surface area (Å²) in [5.41, 5.74) is 1.73. The van der Waals surface area contributed by atoms with E-state index in [-0.39, 0.29) is 12.5 Å². The van der Waals surface area contributed by atoms with Gasteiger partial charge in [0, 0.05) is 26.8 Å². The lowest BCUT2D eigenvalue weighted by Gasteiger charge is -2.20. The van der Waals surface area contributed by atoms with Crippen molar-refractivity contribution < 1.29 is 13.2 Å². The molecule has 0 radical (unpaired) electrons. The number of rotatable bonds is 5. The van der Waals surface area contributed by atoms with Crippen molar-refractivity contribution in [2.24, 2.45) is 0 Å². The van der Waals surface area contributed by atoms with Gasteiger partial charge in [-0.25, -0.2) is 0 Å². The number of nitrogens with one attached hydrogen (secondary N) is 1. The molecular weight excluding hydrogens is 266 g/mol. The molecule has 1 aromatic rings. The number of amides is 1. The van der Waals surface area contributed by atoms with E-state index < -0.39 is 10.2 Å². The van der Waals surface area contributed by atoms with Crippen molar-refractivity contribution in [3.8, 4) is 0 Å². The first-order chi connectivity index (χ1) is 8.73. The Morgan fingerprint density at radius 1 is 1.16 bits per heavy atom. The summed E-state index contributed by atoms with van der Waals surface area (Å²) in [6.45, 7) is 1.72. The number of hydrogen-bond acceptors (Lipinski definition) is 3. The highest BCUT2D eigenvalue weighted by Gasteiger charge is 2.22. The number of carbonyl (C=O) groups excluding carboxylic acids is 1. The number of hydrogen-bond donors (Lipinski definition) is 1. The summed E-state index contributed by atoms with van der Waals surface area (Å²) in [6, 6.07) is 7.28. The molecule has 1 aromatic carbocycles. The Morgan fingerprint density at radius 3 is 2.16 bits per heavy atom. The molecule has 0 spiro atoms. The SMILES string of the molecule is Cc1ccc(NC(=O)CN(C)S(=O)(=O)N(C)C)cc1. The van der Waals surface area contributed by atoms with Crippen molar-refractivity contribution in [3.63, 3.8) is 0 Å². The Labute approximate surface area is 114 Å². The predicted molar refractivity (Wildman–Crippen MR) is 75.0 cm³/mol. The van der Waals surface area contributed by atoms with E-state index in [0.717, 1.165) is 14.2 Å². The average molecular weight is 285 g/mol. The molecule has 0 saturated carbocycles. The van der Waals surface area contributed by atoms with Gasteiger partial charge in [-0.1, -0.05) is 17.7 Å². The van der Waals surface area contributed by atoms with Crippen molar-refractivity contribution in [3.05, 3.63) is 29.8 Å². The van der Waals surface area contributed by atoms with Crippen LogP contribution in [0.25, 0.3) is 0 Å². The number of aryl methyl sites for hydroxylation is 1. The number of carbonyl (C=O) groups is 1. The molecule has 6 nitrogen and oxygen atoms in total. The number of likely N-dealkylation sites (N-methyl/N-ethyl adjacent to an activating group) is 1. The molecule has 0 unspecified atom stereocenters. The molecule has 0 saturated heterocycles. The maximum Gasteiger partial charge on any atom is 0.281 e. The number of benzene rings is 1. The van der Waals surface area contributed by atoms with Gasteiger partial charge in [0.05, 0.1) is 6.54 Å². The fraction of sp³-hybridized carbons (Fsp3) is 0.417. The maximum absolute atomic E-state index is 11.7. The van der Waals surface area contributed by atoms with Gasteiger partial charge in [0.25, 0.3) is 10.2 Å². The lowest BCUT2D eigenvalue weighted by atomic mass is 10.2. The molecule has 0 aliphatic heterocycles. The second-order valence-corrected chi connectivity index (χ2v) is 6.71. The summed E-state index contributed by atoms with van der Waals surface area (Å²) in [7, 11) is 0.641. The predicted octanol–water partition coefficient (Wildman–Crippen LogP) is 0.672. The van der Waals surface area contributed by atoms with Gasteiger partial charge in [-0.2, -0.15) is 17.0 Å². The molecule has 106 valence electrons. The Morgan fingerprint density at radius 2 is 1.68 bits per heavy atom. The van der Waals surface area contributed by atoms with Crippen LogP contribution in [0.1, 0.15) is 5.56 Å². The normalized spacial score (nSPS) is 11.9. The minimum atomic E-state index is -3.57. The molecule has 1 rings (SSSR count). The second-order valence-electron chi connectivity index (χ2n) is 4.46. The standard InChI is InChI=1S/C12H19N3O3S/c1-10-5-7-11(8-6-10)13-12(16)9-15(4)19(17,18)14(2)3/h5-8H,9H2,1-4H3,(H,13,16). The first-order valence-corrected chi connectivity index (χ1v) is 7.13. The first-order valence-electron chi connectivity index (χ1n) is 5.74. The fourth-order valence-corrected chi connectivity index (χ4v) is 2.24. The largest absolute Gasteiger partial charge is 0.325 e. The minimum absolute atomic E-state index is 0.228. The van der Waals surface area contributed by atoms with Crippen LogP contribution in [-0.2, 0) is 15.0 Å². The van der Waals surface area contributed by atoms with Crippen LogP contribution >= 0.6 is 0 Å². The molecule has 19 heavy (non-hydrogen) atoms. The zero-order valence-electron chi connectivity index (χ0n) is 11.5. The Bertz CT molecular complexity index is 538. The van der Waals surface area contributed by atoms with Gasteiger partial charge in [-0.3, -0.25) is 4.79 Å². The Kier molecular flexibility index (Phi) is 5.04. The third-order valence-corrected chi connectivity index (χ3v) is 4.40. The van der Waals surface area contributed by atoms with Crippen LogP contribution in [0.15, 0.2) is 24.3 Å². The van der Waals surface area contributed by atoms with Crippen LogP contribution in [0.4, 0.5) is 5.69 Å². The highest BCUT2D eigenvalue weighted by atomic mass is 32.2. The third kappa shape index (κ3) is 4.30. The van der Waals surface area contributed by atoms with Gasteiger partial charge in [-0.05, 0) is 19.1 Å². The van der Waals surface area contributed by atoms with Gasteiger partial charge >= 0.3 is 0 Å². The lowest BCUT2D eigenvalue weighted by Crippen LogP contribution is -2.41. The monoisotopic (exact) mass is 285 g/mol. The molecule has 1 N–H and O–H groups in total. The van der Waals surface area contributed by atoms with E-state index >= 15 is 0 Å². The summed E-state index contributed by atoms with van der Waals surface area (Å²) < 4.78 is 25.5. The number of nitrogens with zero attached hydrogens (tertiary/aromatic N) is 2. The third-order valence-electron chi connectivity index (χ3n) is 2.56. The second kappa shape index (κ2) is 6.14. The summed E-state index contributed by atoms with van der Waals surface area (Å²) in [5.74, 6) is -0.378. The van der Waals surface area contributed by atoms with Crippen molar-refractivity contribution >= 4 is 21.8 Å². The maximum atomic E-state index is 11.7. The van der Waals surface area contributed by atoms with E-state index in [0.29, 0.717) is 5.69 Å². The van der Waals surface area contributed by atoms with Gasteiger partial charge in [0.15, 0.2) is 0 Å². The molecule has 7 heteroatoms. The Hall–Kier alpha value is -1.44. The van der Waals surface area contributed by atoms with E-state index in [4.69, 9.17) is 0 Å². The molecule has 0 aromatic heterocycles. The zero-order valence-corrected chi connectivity index (χ0v) is 12.4. The van der Waals surface area contributed by atoms with Gasteiger partial charge in [-0.15, -0.1) is 0 Å². The highest BCUT2D eigenvalue weighted by Crippen LogP contribution is 2.09. The summed E-state index contributed by atoms with van der Waals surface area (Å²) in [5, 5.41) is 2.65. The molecule has 0 bridgehead atoms. The molecule has 0 atom stereocenters. The van der Waals surface area contributed by atoms with E-state index in [1.807, 2.05) is 19.1 Å². The molecule has 1 amide bonds. The molecule has 0 aliphatic carbocycles. The Balaban J connectivity index is 2.64. The van der Waals surface area contributed by atoms with Crippen molar-refractivity contribution in [2.75, 3.05) is 33.0 Å². The number of anilines is 1. The minimum Gasteiger partial charge on any atom is -0.325 e. The van der Waals surface area contributed by atoms with E-state index in [2.05, 4.69) is 5.32 Å². The van der Waals surface area contributed by atoms with Crippen molar-refractivity contribution in [2.45, 2.75) is 6.92 Å². The van der Waals surface area contributed by atoms with E-state index in [1.54, 1.807) is 12.1 Å². The van der Waals surface area contributed by atoms with Crippen molar-refractivity contribution in [1.82, 2.24) is 8.61 Å². The van der Waals surface area contributed by atoms with Crippen molar-refractivity contribution in [1.29, 1.82) is 0 Å². The van der Waals surface area contributed by atoms with Crippen LogP contribution in [0, 0.1) is 6.92 Å². The van der Waals surface area contributed by atoms with Crippen LogP contribution in [-0.4, -0.2) is 50.6 Å². The van der Waals surface area contributed by atoms with Gasteiger partial charge < -0.3 is 5.32 Å². The molecular formula is C12H19N3O3S. The summed E-state index contributed by atoms with van der Waals surface area (Å²) in [4.78, 5) is 11.7. The molecule has 0 fully saturated rings. The molecule has 0 aliphatic rings. The topological polar surface area (TPSA) is 69.7 Å². The van der Waals surface area contributed by atoms with Crippen LogP contribution in [0.3, 0.4) is 0 Å². The summed E-state index contributed by atoms with van der Waals surface area (Å²) in [6.07, 6.45) is 0. The zero-order chi connectivity index (χ0) is 14.6. The van der Waals surface area contributed by atoms with Crippen LogP contribution in [0.2, 0.25) is 0 Å². The lowest BCUT2D eigenvalue weighted by molar-refractivity contribution is -0.116. The fourth-order valence-electron chi connectivity index (χ4n) is 1.40. The van der Waals surface area contributed by atoms with Gasteiger partial charge in [0.2, 0.25) is 5.91 Å². The van der Waals surface area contributed by atoms with Gasteiger partial charge in [0.1, 0.15) is 0 Å². The molecule has 0 heterocycles. The quantitative estimate of drug-likeness (QED) is 0.864. The van der Waals surface area contributed by atoms with Crippen LogP contribution < -0.4 is 5.32 Å².